The molecule has 0 amide bonds. The molecule has 4 rings (SSSR count). The Kier molecular flexibility index (Phi) is 10.5. The number of halogens is 1. The number of rotatable bonds is 3. The van der Waals surface area contributed by atoms with E-state index in [2.05, 4.69) is 24.3 Å². The first-order valence-electron chi connectivity index (χ1n) is 9.45. The molecule has 2 aromatic rings. The van der Waals surface area contributed by atoms with Gasteiger partial charge in [-0.15, -0.1) is 0 Å². The molecule has 0 unspecified atom stereocenters. The van der Waals surface area contributed by atoms with Gasteiger partial charge in [0.1, 0.15) is 0 Å². The fourth-order valence-corrected chi connectivity index (χ4v) is 4.12. The van der Waals surface area contributed by atoms with E-state index in [1.165, 1.54) is 64.2 Å². The van der Waals surface area contributed by atoms with Crippen molar-refractivity contribution in [2.24, 2.45) is 0 Å². The molecule has 2 aromatic carbocycles. The summed E-state index contributed by atoms with van der Waals surface area (Å²) in [5.41, 5.74) is 9.74. The second-order valence-corrected chi connectivity index (χ2v) is 7.06. The van der Waals surface area contributed by atoms with Crippen molar-refractivity contribution < 1.29 is 43.7 Å². The fraction of sp³-hybridized carbons (Fsp3) is 0.545. The van der Waals surface area contributed by atoms with Crippen LogP contribution in [0, 0.1) is 0 Å². The zero-order chi connectivity index (χ0) is 16.1. The van der Waals surface area contributed by atoms with E-state index >= 15 is 0 Å². The number of fused-ring (bicyclic) bond motifs is 2. The summed E-state index contributed by atoms with van der Waals surface area (Å²) in [5, 5.41) is 7.57. The number of aryl methyl sites for hydroxylation is 6. The Balaban J connectivity index is 0.000000586. The summed E-state index contributed by atoms with van der Waals surface area (Å²) in [7, 11) is 0. The molecule has 0 bridgehead atoms. The Labute approximate surface area is 178 Å². The van der Waals surface area contributed by atoms with Crippen molar-refractivity contribution in [3.8, 4) is 0 Å². The molecule has 0 saturated heterocycles. The molecule has 25 heavy (non-hydrogen) atoms. The van der Waals surface area contributed by atoms with Gasteiger partial charge in [-0.2, -0.15) is 45.5 Å². The number of hydrogen-bond acceptors (Lipinski definition) is 1. The maximum absolute atomic E-state index is 7.57. The first-order chi connectivity index (χ1) is 11.3. The average molecular weight is 437 g/mol. The van der Waals surface area contributed by atoms with Crippen LogP contribution in [0.4, 0.5) is 0 Å². The third kappa shape index (κ3) is 6.19. The maximum atomic E-state index is 7.57. The largest absolute Gasteiger partial charge is 3.00 e. The third-order valence-corrected chi connectivity index (χ3v) is 5.25. The van der Waals surface area contributed by atoms with Gasteiger partial charge in [0.15, 0.2) is 0 Å². The van der Waals surface area contributed by atoms with Crippen molar-refractivity contribution in [3.05, 3.63) is 57.6 Å². The number of hydrogen-bond donors (Lipinski definition) is 1. The monoisotopic (exact) mass is 435 g/mol. The number of aliphatic hydroxyl groups excluding tert-OH is 1. The molecule has 1 radical (unpaired) electrons. The van der Waals surface area contributed by atoms with Crippen LogP contribution in [0.1, 0.15) is 66.0 Å². The molecule has 0 atom stereocenters. The van der Waals surface area contributed by atoms with E-state index in [-0.39, 0.29) is 45.2 Å². The molecule has 2 aliphatic rings. The molecule has 0 spiro atoms. The molecule has 0 saturated carbocycles. The van der Waals surface area contributed by atoms with Gasteiger partial charge in [-0.1, -0.05) is 51.4 Å². The molecule has 0 fully saturated rings. The normalized spacial score (nSPS) is 15.0. The standard InChI is InChI=1S/C20H24.C2H6O.ClH.Zr/c1-2-6-18-12-15(11-17(18)5-1)9-10-16-13-19-7-3-4-8-20(19)14-16;1-2-3;;/h11-14H,1-10H2;3H,2H2,1H3;1H;/q-2;;;+3/p-1. The van der Waals surface area contributed by atoms with Crippen LogP contribution in [-0.4, -0.2) is 11.7 Å². The smallest absolute Gasteiger partial charge is 1.00 e. The van der Waals surface area contributed by atoms with Gasteiger partial charge < -0.3 is 17.5 Å². The van der Waals surface area contributed by atoms with E-state index in [1.54, 1.807) is 40.3 Å². The van der Waals surface area contributed by atoms with Crippen LogP contribution in [0.5, 0.6) is 0 Å². The van der Waals surface area contributed by atoms with E-state index in [0.29, 0.717) is 0 Å². The predicted molar refractivity (Wildman–Crippen MR) is 97.5 cm³/mol. The van der Waals surface area contributed by atoms with Crippen molar-refractivity contribution in [2.75, 3.05) is 6.61 Å². The predicted octanol–water partition coefficient (Wildman–Crippen LogP) is 1.67. The Morgan fingerprint density at radius 2 is 1.16 bits per heavy atom. The van der Waals surface area contributed by atoms with E-state index in [0.717, 1.165) is 0 Å². The first kappa shape index (κ1) is 22.9. The van der Waals surface area contributed by atoms with Gasteiger partial charge in [-0.05, 0) is 19.8 Å². The molecule has 0 aromatic heterocycles. The van der Waals surface area contributed by atoms with Crippen LogP contribution < -0.4 is 12.4 Å². The topological polar surface area (TPSA) is 20.2 Å². The summed E-state index contributed by atoms with van der Waals surface area (Å²) in [6, 6.07) is 9.93. The maximum Gasteiger partial charge on any atom is 3.00 e. The Morgan fingerprint density at radius 1 is 0.800 bits per heavy atom. The second kappa shape index (κ2) is 11.5. The van der Waals surface area contributed by atoms with Crippen LogP contribution in [0.3, 0.4) is 0 Å². The van der Waals surface area contributed by atoms with Gasteiger partial charge in [0.2, 0.25) is 0 Å². The zero-order valence-electron chi connectivity index (χ0n) is 15.4. The van der Waals surface area contributed by atoms with E-state index in [9.17, 15) is 0 Å². The van der Waals surface area contributed by atoms with Crippen LogP contribution in [-0.2, 0) is 64.7 Å². The third-order valence-electron chi connectivity index (χ3n) is 5.25. The first-order valence-corrected chi connectivity index (χ1v) is 9.45. The van der Waals surface area contributed by atoms with Crippen LogP contribution in [0.2, 0.25) is 0 Å². The SMILES string of the molecule is CCO.[Cl-].[Zr+3].c1c(CCc2cc3c([cH-]2)CCCC3)[cH-]c2c1CCCC2. The van der Waals surface area contributed by atoms with Crippen molar-refractivity contribution in [3.63, 3.8) is 0 Å². The second-order valence-electron chi connectivity index (χ2n) is 7.06. The summed E-state index contributed by atoms with van der Waals surface area (Å²) < 4.78 is 0. The molecular weight excluding hydrogens is 407 g/mol. The molecule has 3 heteroatoms. The summed E-state index contributed by atoms with van der Waals surface area (Å²) in [6.45, 7) is 1.93. The van der Waals surface area contributed by atoms with Gasteiger partial charge in [0, 0.05) is 6.61 Å². The molecule has 1 N–H and O–H groups in total. The van der Waals surface area contributed by atoms with Crippen molar-refractivity contribution in [1.82, 2.24) is 0 Å². The van der Waals surface area contributed by atoms with Crippen LogP contribution in [0.25, 0.3) is 0 Å². The minimum absolute atomic E-state index is 0. The molecular formula is C22H30ClOZr. The van der Waals surface area contributed by atoms with Gasteiger partial charge in [0.05, 0.1) is 0 Å². The quantitative estimate of drug-likeness (QED) is 0.725. The van der Waals surface area contributed by atoms with Gasteiger partial charge in [-0.3, -0.25) is 0 Å². The van der Waals surface area contributed by atoms with Gasteiger partial charge in [-0.25, -0.2) is 12.1 Å². The Bertz CT molecular complexity index is 525. The summed E-state index contributed by atoms with van der Waals surface area (Å²) in [5.74, 6) is 0. The Hall–Kier alpha value is -0.167. The van der Waals surface area contributed by atoms with E-state index < -0.39 is 0 Å². The van der Waals surface area contributed by atoms with E-state index in [4.69, 9.17) is 5.11 Å². The molecule has 135 valence electrons. The summed E-state index contributed by atoms with van der Waals surface area (Å²) >= 11 is 0. The average Bonchev–Trinajstić information content (AvgIpc) is 3.16. The van der Waals surface area contributed by atoms with Crippen molar-refractivity contribution in [2.45, 2.75) is 71.1 Å². The van der Waals surface area contributed by atoms with Crippen molar-refractivity contribution >= 4 is 0 Å². The minimum Gasteiger partial charge on any atom is -1.00 e. The van der Waals surface area contributed by atoms with Gasteiger partial charge >= 0.3 is 26.2 Å². The zero-order valence-corrected chi connectivity index (χ0v) is 18.6. The molecule has 0 aliphatic heterocycles. The summed E-state index contributed by atoms with van der Waals surface area (Å²) in [4.78, 5) is 0. The van der Waals surface area contributed by atoms with E-state index in [1.807, 2.05) is 0 Å². The van der Waals surface area contributed by atoms with Crippen molar-refractivity contribution in [1.29, 1.82) is 0 Å². The molecule has 1 nitrogen and oxygen atoms in total. The fourth-order valence-electron chi connectivity index (χ4n) is 4.12. The minimum atomic E-state index is 0. The van der Waals surface area contributed by atoms with Crippen LogP contribution in [0.15, 0.2) is 24.3 Å². The Morgan fingerprint density at radius 3 is 1.52 bits per heavy atom. The molecule has 0 heterocycles. The molecule has 2 aliphatic carbocycles. The van der Waals surface area contributed by atoms with Crippen LogP contribution >= 0.6 is 0 Å². The van der Waals surface area contributed by atoms with Gasteiger partial charge in [0.25, 0.3) is 0 Å². The number of aliphatic hydroxyl groups is 1. The summed E-state index contributed by atoms with van der Waals surface area (Å²) in [6.07, 6.45) is 13.3.